The lowest BCUT2D eigenvalue weighted by molar-refractivity contribution is -0.0520. The SMILES string of the molecule is CCOc1cccc(CNC(=NC)NCCC2CCN(CC)CC2)c1OC(F)F.I. The highest BCUT2D eigenvalue weighted by Gasteiger charge is 2.18. The van der Waals surface area contributed by atoms with Crippen LogP contribution in [-0.2, 0) is 6.54 Å². The molecule has 0 spiro atoms. The highest BCUT2D eigenvalue weighted by atomic mass is 127. The van der Waals surface area contributed by atoms with Crippen LogP contribution >= 0.6 is 24.0 Å². The molecule has 1 aliphatic heterocycles. The minimum atomic E-state index is -2.91. The number of ether oxygens (including phenoxy) is 2. The van der Waals surface area contributed by atoms with Crippen LogP contribution in [0, 0.1) is 5.92 Å². The summed E-state index contributed by atoms with van der Waals surface area (Å²) in [5, 5.41) is 6.49. The van der Waals surface area contributed by atoms with Crippen LogP contribution in [-0.4, -0.2) is 57.3 Å². The van der Waals surface area contributed by atoms with Crippen LogP contribution in [0.15, 0.2) is 23.2 Å². The molecule has 0 aromatic heterocycles. The summed E-state index contributed by atoms with van der Waals surface area (Å²) < 4.78 is 35.8. The smallest absolute Gasteiger partial charge is 0.387 e. The minimum Gasteiger partial charge on any atom is -0.490 e. The molecule has 0 saturated carbocycles. The van der Waals surface area contributed by atoms with E-state index in [9.17, 15) is 8.78 Å². The van der Waals surface area contributed by atoms with Crippen molar-refractivity contribution >= 4 is 29.9 Å². The van der Waals surface area contributed by atoms with E-state index in [0.29, 0.717) is 30.4 Å². The van der Waals surface area contributed by atoms with Crippen molar-refractivity contribution in [3.63, 3.8) is 0 Å². The second kappa shape index (κ2) is 14.6. The molecular formula is C21H35F2IN4O2. The fourth-order valence-electron chi connectivity index (χ4n) is 3.58. The average molecular weight is 540 g/mol. The van der Waals surface area contributed by atoms with Gasteiger partial charge in [0, 0.05) is 25.7 Å². The molecule has 0 amide bonds. The van der Waals surface area contributed by atoms with E-state index in [1.165, 1.54) is 25.9 Å². The topological polar surface area (TPSA) is 58.1 Å². The number of hydrogen-bond donors (Lipinski definition) is 2. The Morgan fingerprint density at radius 1 is 1.23 bits per heavy atom. The number of guanidine groups is 1. The lowest BCUT2D eigenvalue weighted by atomic mass is 9.93. The van der Waals surface area contributed by atoms with Gasteiger partial charge in [-0.15, -0.1) is 24.0 Å². The number of nitrogens with one attached hydrogen (secondary N) is 2. The Morgan fingerprint density at radius 2 is 1.97 bits per heavy atom. The second-order valence-corrected chi connectivity index (χ2v) is 7.07. The number of aliphatic imine (C=N–C) groups is 1. The number of rotatable bonds is 10. The maximum Gasteiger partial charge on any atom is 0.387 e. The van der Waals surface area contributed by atoms with Crippen molar-refractivity contribution in [2.24, 2.45) is 10.9 Å². The Balaban J connectivity index is 0.00000450. The normalized spacial score (nSPS) is 15.6. The van der Waals surface area contributed by atoms with Gasteiger partial charge in [0.1, 0.15) is 0 Å². The third kappa shape index (κ3) is 8.79. The third-order valence-electron chi connectivity index (χ3n) is 5.24. The van der Waals surface area contributed by atoms with E-state index < -0.39 is 6.61 Å². The average Bonchev–Trinajstić information content (AvgIpc) is 2.72. The molecular weight excluding hydrogens is 505 g/mol. The Morgan fingerprint density at radius 3 is 2.57 bits per heavy atom. The van der Waals surface area contributed by atoms with Gasteiger partial charge in [0.2, 0.25) is 0 Å². The van der Waals surface area contributed by atoms with Gasteiger partial charge in [-0.25, -0.2) is 0 Å². The maximum atomic E-state index is 12.8. The predicted octanol–water partition coefficient (Wildman–Crippen LogP) is 4.09. The van der Waals surface area contributed by atoms with Crippen LogP contribution in [0.3, 0.4) is 0 Å². The van der Waals surface area contributed by atoms with Crippen molar-refractivity contribution in [2.75, 3.05) is 39.8 Å². The molecule has 2 N–H and O–H groups in total. The minimum absolute atomic E-state index is 0. The van der Waals surface area contributed by atoms with E-state index in [-0.39, 0.29) is 29.7 Å². The van der Waals surface area contributed by atoms with Crippen molar-refractivity contribution in [1.82, 2.24) is 15.5 Å². The first-order valence-corrected chi connectivity index (χ1v) is 10.4. The third-order valence-corrected chi connectivity index (χ3v) is 5.24. The highest BCUT2D eigenvalue weighted by molar-refractivity contribution is 14.0. The summed E-state index contributed by atoms with van der Waals surface area (Å²) in [6.45, 7) is 6.09. The largest absolute Gasteiger partial charge is 0.490 e. The van der Waals surface area contributed by atoms with E-state index in [0.717, 1.165) is 25.4 Å². The number of benzene rings is 1. The Bertz CT molecular complexity index is 641. The lowest BCUT2D eigenvalue weighted by Gasteiger charge is -2.31. The standard InChI is InChI=1S/C21H34F2N4O2.HI/c1-4-27-13-10-16(11-14-27)9-12-25-21(24-3)26-15-17-7-6-8-18(28-5-2)19(17)29-20(22)23;/h6-8,16,20H,4-5,9-15H2,1-3H3,(H2,24,25,26);1H. The zero-order chi connectivity index (χ0) is 21.1. The summed E-state index contributed by atoms with van der Waals surface area (Å²) in [5.41, 5.74) is 0.589. The zero-order valence-corrected chi connectivity index (χ0v) is 20.5. The molecule has 1 saturated heterocycles. The van der Waals surface area contributed by atoms with Gasteiger partial charge >= 0.3 is 6.61 Å². The quantitative estimate of drug-likeness (QED) is 0.266. The van der Waals surface area contributed by atoms with E-state index in [1.54, 1.807) is 32.2 Å². The van der Waals surface area contributed by atoms with E-state index >= 15 is 0 Å². The van der Waals surface area contributed by atoms with Gasteiger partial charge in [-0.2, -0.15) is 8.78 Å². The first-order valence-electron chi connectivity index (χ1n) is 10.4. The van der Waals surface area contributed by atoms with Gasteiger partial charge in [-0.05, 0) is 57.8 Å². The van der Waals surface area contributed by atoms with Crippen LogP contribution in [0.1, 0.15) is 38.7 Å². The molecule has 0 radical (unpaired) electrons. The van der Waals surface area contributed by atoms with Crippen LogP contribution in [0.2, 0.25) is 0 Å². The predicted molar refractivity (Wildman–Crippen MR) is 127 cm³/mol. The molecule has 1 aromatic carbocycles. The van der Waals surface area contributed by atoms with Gasteiger partial charge < -0.3 is 25.0 Å². The molecule has 30 heavy (non-hydrogen) atoms. The van der Waals surface area contributed by atoms with Crippen molar-refractivity contribution in [1.29, 1.82) is 0 Å². The van der Waals surface area contributed by atoms with E-state index in [1.807, 2.05) is 0 Å². The fourth-order valence-corrected chi connectivity index (χ4v) is 3.58. The molecule has 0 atom stereocenters. The number of nitrogens with zero attached hydrogens (tertiary/aromatic N) is 2. The molecule has 172 valence electrons. The van der Waals surface area contributed by atoms with Crippen LogP contribution in [0.5, 0.6) is 11.5 Å². The molecule has 1 aromatic rings. The second-order valence-electron chi connectivity index (χ2n) is 7.07. The molecule has 0 bridgehead atoms. The van der Waals surface area contributed by atoms with Crippen molar-refractivity contribution in [2.45, 2.75) is 46.3 Å². The Hall–Kier alpha value is -1.36. The van der Waals surface area contributed by atoms with Crippen LogP contribution < -0.4 is 20.1 Å². The van der Waals surface area contributed by atoms with Gasteiger partial charge in [0.05, 0.1) is 6.61 Å². The number of halogens is 3. The summed E-state index contributed by atoms with van der Waals surface area (Å²) in [7, 11) is 1.70. The zero-order valence-electron chi connectivity index (χ0n) is 18.1. The maximum absolute atomic E-state index is 12.8. The molecule has 2 rings (SSSR count). The number of hydrogen-bond acceptors (Lipinski definition) is 4. The van der Waals surface area contributed by atoms with Crippen molar-refractivity contribution in [3.05, 3.63) is 23.8 Å². The Labute approximate surface area is 195 Å². The van der Waals surface area contributed by atoms with Crippen molar-refractivity contribution in [3.8, 4) is 11.5 Å². The number of alkyl halides is 2. The summed E-state index contributed by atoms with van der Waals surface area (Å²) in [5.74, 6) is 1.75. The summed E-state index contributed by atoms with van der Waals surface area (Å²) in [6, 6.07) is 5.13. The summed E-state index contributed by atoms with van der Waals surface area (Å²) in [6.07, 6.45) is 3.57. The van der Waals surface area contributed by atoms with Gasteiger partial charge in [-0.1, -0.05) is 19.1 Å². The number of likely N-dealkylation sites (tertiary alicyclic amines) is 1. The van der Waals surface area contributed by atoms with Crippen molar-refractivity contribution < 1.29 is 18.3 Å². The van der Waals surface area contributed by atoms with E-state index in [2.05, 4.69) is 27.4 Å². The molecule has 0 aliphatic carbocycles. The molecule has 1 aliphatic rings. The Kier molecular flexibility index (Phi) is 13.0. The first kappa shape index (κ1) is 26.7. The molecule has 1 heterocycles. The van der Waals surface area contributed by atoms with E-state index in [4.69, 9.17) is 9.47 Å². The molecule has 1 fully saturated rings. The van der Waals surface area contributed by atoms with Crippen LogP contribution in [0.4, 0.5) is 8.78 Å². The number of para-hydroxylation sites is 1. The summed E-state index contributed by atoms with van der Waals surface area (Å²) >= 11 is 0. The fraction of sp³-hybridized carbons (Fsp3) is 0.667. The lowest BCUT2D eigenvalue weighted by Crippen LogP contribution is -2.39. The molecule has 0 unspecified atom stereocenters. The van der Waals surface area contributed by atoms with Gasteiger partial charge in [0.25, 0.3) is 0 Å². The highest BCUT2D eigenvalue weighted by Crippen LogP contribution is 2.32. The first-order chi connectivity index (χ1) is 14.1. The summed E-state index contributed by atoms with van der Waals surface area (Å²) in [4.78, 5) is 6.71. The van der Waals surface area contributed by atoms with Gasteiger partial charge in [-0.3, -0.25) is 4.99 Å². The molecule has 9 heteroatoms. The number of piperidine rings is 1. The monoisotopic (exact) mass is 540 g/mol. The van der Waals surface area contributed by atoms with Gasteiger partial charge in [0.15, 0.2) is 17.5 Å². The molecule has 6 nitrogen and oxygen atoms in total. The van der Waals surface area contributed by atoms with Crippen LogP contribution in [0.25, 0.3) is 0 Å².